The summed E-state index contributed by atoms with van der Waals surface area (Å²) in [5.41, 5.74) is 2.86. The lowest BCUT2D eigenvalue weighted by molar-refractivity contribution is -0.113. The summed E-state index contributed by atoms with van der Waals surface area (Å²) in [6.45, 7) is 1.80. The molecular weight excluding hydrogens is 501 g/mol. The van der Waals surface area contributed by atoms with Crippen LogP contribution >= 0.6 is 23.2 Å². The van der Waals surface area contributed by atoms with Gasteiger partial charge in [0.15, 0.2) is 5.82 Å². The molecule has 0 fully saturated rings. The van der Waals surface area contributed by atoms with Gasteiger partial charge in [-0.3, -0.25) is 4.79 Å². The molecule has 1 aliphatic heterocycles. The van der Waals surface area contributed by atoms with Crippen LogP contribution in [0.2, 0.25) is 10.0 Å². The fourth-order valence-corrected chi connectivity index (χ4v) is 4.64. The topological polar surface area (TPSA) is 101 Å². The second-order valence-electron chi connectivity index (χ2n) is 8.14. The summed E-state index contributed by atoms with van der Waals surface area (Å²) < 4.78 is 7.02. The molecule has 5 rings (SSSR count). The van der Waals surface area contributed by atoms with E-state index in [1.165, 1.54) is 0 Å². The Balaban J connectivity index is 1.62. The predicted molar refractivity (Wildman–Crippen MR) is 140 cm³/mol. The molecule has 2 heterocycles. The van der Waals surface area contributed by atoms with Gasteiger partial charge in [-0.05, 0) is 55.5 Å². The quantitative estimate of drug-likeness (QED) is 0.302. The van der Waals surface area contributed by atoms with Gasteiger partial charge in [0.2, 0.25) is 5.95 Å². The van der Waals surface area contributed by atoms with Crippen molar-refractivity contribution in [1.82, 2.24) is 14.8 Å². The van der Waals surface area contributed by atoms with E-state index >= 15 is 0 Å². The van der Waals surface area contributed by atoms with Crippen LogP contribution in [0.1, 0.15) is 18.5 Å². The number of nitrogens with one attached hydrogen (secondary N) is 2. The highest BCUT2D eigenvalue weighted by Crippen LogP contribution is 2.40. The van der Waals surface area contributed by atoms with Gasteiger partial charge in [-0.2, -0.15) is 4.98 Å². The molecule has 10 heteroatoms. The summed E-state index contributed by atoms with van der Waals surface area (Å²) in [4.78, 5) is 18.3. The summed E-state index contributed by atoms with van der Waals surface area (Å²) in [7, 11) is 1.54. The molecule has 182 valence electrons. The minimum Gasteiger partial charge on any atom is -0.508 e. The van der Waals surface area contributed by atoms with Crippen LogP contribution in [-0.2, 0) is 4.79 Å². The van der Waals surface area contributed by atoms with E-state index < -0.39 is 6.04 Å². The molecule has 0 aliphatic carbocycles. The Hall–Kier alpha value is -4.01. The third-order valence-corrected chi connectivity index (χ3v) is 6.40. The number of carbonyl (C=O) groups excluding carboxylic acids is 1. The number of benzene rings is 3. The highest BCUT2D eigenvalue weighted by molar-refractivity contribution is 6.35. The Morgan fingerprint density at radius 2 is 1.86 bits per heavy atom. The lowest BCUT2D eigenvalue weighted by atomic mass is 9.95. The number of hydrogen-bond donors (Lipinski definition) is 3. The first-order valence-electron chi connectivity index (χ1n) is 11.0. The van der Waals surface area contributed by atoms with Crippen LogP contribution in [0, 0.1) is 0 Å². The van der Waals surface area contributed by atoms with E-state index in [9.17, 15) is 9.90 Å². The Bertz CT molecular complexity index is 1500. The molecule has 36 heavy (non-hydrogen) atoms. The Morgan fingerprint density at radius 3 is 2.58 bits per heavy atom. The van der Waals surface area contributed by atoms with Crippen molar-refractivity contribution >= 4 is 40.7 Å². The second-order valence-corrected chi connectivity index (χ2v) is 8.98. The van der Waals surface area contributed by atoms with Crippen molar-refractivity contribution in [1.29, 1.82) is 0 Å². The fourth-order valence-electron chi connectivity index (χ4n) is 4.13. The lowest BCUT2D eigenvalue weighted by Gasteiger charge is -2.29. The van der Waals surface area contributed by atoms with E-state index in [1.54, 1.807) is 73.3 Å². The number of anilines is 2. The summed E-state index contributed by atoms with van der Waals surface area (Å²) in [6.07, 6.45) is 0. The fraction of sp³-hybridized carbons (Fsp3) is 0.115. The van der Waals surface area contributed by atoms with Crippen LogP contribution in [0.25, 0.3) is 11.4 Å². The minimum atomic E-state index is -0.695. The van der Waals surface area contributed by atoms with Crippen LogP contribution in [-0.4, -0.2) is 32.9 Å². The molecule has 0 bridgehead atoms. The number of allylic oxidation sites excluding steroid dienone is 1. The number of ether oxygens (including phenoxy) is 1. The highest BCUT2D eigenvalue weighted by Gasteiger charge is 2.36. The van der Waals surface area contributed by atoms with Crippen LogP contribution in [0.4, 0.5) is 11.6 Å². The molecule has 0 saturated carbocycles. The number of methoxy groups -OCH3 is 1. The van der Waals surface area contributed by atoms with E-state index in [1.807, 2.05) is 12.1 Å². The normalized spacial score (nSPS) is 14.7. The van der Waals surface area contributed by atoms with Crippen molar-refractivity contribution in [2.24, 2.45) is 0 Å². The zero-order valence-corrected chi connectivity index (χ0v) is 20.8. The van der Waals surface area contributed by atoms with Gasteiger partial charge in [-0.1, -0.05) is 41.4 Å². The third kappa shape index (κ3) is 4.36. The SMILES string of the molecule is COc1ccccc1NC(=O)C1=C(C)Nc2nc(-c3ccc(O)cc3)nn2C1c1ccc(Cl)cc1Cl. The number of phenolic OH excluding ortho intramolecular Hbond substituents is 1. The van der Waals surface area contributed by atoms with E-state index in [2.05, 4.69) is 15.6 Å². The maximum atomic E-state index is 13.7. The highest BCUT2D eigenvalue weighted by atomic mass is 35.5. The molecular formula is C26H21Cl2N5O3. The molecule has 0 spiro atoms. The maximum Gasteiger partial charge on any atom is 0.255 e. The van der Waals surface area contributed by atoms with Crippen molar-refractivity contribution in [3.8, 4) is 22.9 Å². The predicted octanol–water partition coefficient (Wildman–Crippen LogP) is 5.89. The van der Waals surface area contributed by atoms with Crippen molar-refractivity contribution < 1.29 is 14.6 Å². The van der Waals surface area contributed by atoms with Gasteiger partial charge < -0.3 is 20.5 Å². The minimum absolute atomic E-state index is 0.138. The third-order valence-electron chi connectivity index (χ3n) is 5.83. The van der Waals surface area contributed by atoms with Gasteiger partial charge in [-0.25, -0.2) is 4.68 Å². The first-order chi connectivity index (χ1) is 17.4. The number of carbonyl (C=O) groups is 1. The van der Waals surface area contributed by atoms with Crippen molar-refractivity contribution in [2.75, 3.05) is 17.7 Å². The van der Waals surface area contributed by atoms with E-state index in [0.29, 0.717) is 55.7 Å². The molecule has 0 saturated heterocycles. The van der Waals surface area contributed by atoms with Crippen LogP contribution < -0.4 is 15.4 Å². The van der Waals surface area contributed by atoms with E-state index in [4.69, 9.17) is 33.0 Å². The Labute approximate surface area is 217 Å². The molecule has 1 atom stereocenters. The van der Waals surface area contributed by atoms with E-state index in [-0.39, 0.29) is 11.7 Å². The lowest BCUT2D eigenvalue weighted by Crippen LogP contribution is -2.31. The molecule has 4 aromatic rings. The van der Waals surface area contributed by atoms with Gasteiger partial charge in [0.25, 0.3) is 5.91 Å². The number of rotatable bonds is 5. The average Bonchev–Trinajstić information content (AvgIpc) is 3.28. The first-order valence-corrected chi connectivity index (χ1v) is 11.7. The molecule has 1 aromatic heterocycles. The van der Waals surface area contributed by atoms with Crippen molar-refractivity contribution in [3.05, 3.63) is 93.6 Å². The molecule has 0 radical (unpaired) electrons. The zero-order chi connectivity index (χ0) is 25.4. The van der Waals surface area contributed by atoms with Crippen LogP contribution in [0.5, 0.6) is 11.5 Å². The van der Waals surface area contributed by atoms with Crippen LogP contribution in [0.3, 0.4) is 0 Å². The summed E-state index contributed by atoms with van der Waals surface area (Å²) >= 11 is 12.8. The van der Waals surface area contributed by atoms with Crippen molar-refractivity contribution in [3.63, 3.8) is 0 Å². The number of hydrogen-bond acceptors (Lipinski definition) is 6. The average molecular weight is 522 g/mol. The molecule has 3 aromatic carbocycles. The van der Waals surface area contributed by atoms with Gasteiger partial charge >= 0.3 is 0 Å². The molecule has 1 aliphatic rings. The van der Waals surface area contributed by atoms with E-state index in [0.717, 1.165) is 0 Å². The van der Waals surface area contributed by atoms with Crippen LogP contribution in [0.15, 0.2) is 78.0 Å². The number of nitrogens with zero attached hydrogens (tertiary/aromatic N) is 3. The summed E-state index contributed by atoms with van der Waals surface area (Å²) in [5, 5.41) is 21.4. The van der Waals surface area contributed by atoms with Gasteiger partial charge in [0, 0.05) is 26.9 Å². The monoisotopic (exact) mass is 521 g/mol. The first kappa shape index (κ1) is 23.7. The molecule has 8 nitrogen and oxygen atoms in total. The Morgan fingerprint density at radius 1 is 1.11 bits per heavy atom. The number of aromatic nitrogens is 3. The smallest absolute Gasteiger partial charge is 0.255 e. The number of aromatic hydroxyl groups is 1. The number of para-hydroxylation sites is 2. The molecule has 1 unspecified atom stereocenters. The van der Waals surface area contributed by atoms with Crippen molar-refractivity contribution in [2.45, 2.75) is 13.0 Å². The maximum absolute atomic E-state index is 13.7. The number of fused-ring (bicyclic) bond motifs is 1. The Kier molecular flexibility index (Phi) is 6.30. The van der Waals surface area contributed by atoms with Gasteiger partial charge in [0.1, 0.15) is 17.5 Å². The standard InChI is InChI=1S/C26H21Cl2N5O3/c1-14-22(25(35)30-20-5-3-4-6-21(20)36-2)23(18-12-9-16(27)13-19(18)28)33-26(29-14)31-24(32-33)15-7-10-17(34)11-8-15/h3-13,23,34H,1-2H3,(H,30,35)(H,29,31,32). The number of halogens is 2. The van der Waals surface area contributed by atoms with Gasteiger partial charge in [0.05, 0.1) is 18.4 Å². The number of phenols is 1. The second kappa shape index (κ2) is 9.56. The molecule has 1 amide bonds. The summed E-state index contributed by atoms with van der Waals surface area (Å²) in [6, 6.07) is 18.1. The molecule has 3 N–H and O–H groups in total. The largest absolute Gasteiger partial charge is 0.508 e. The zero-order valence-electron chi connectivity index (χ0n) is 19.3. The van der Waals surface area contributed by atoms with Gasteiger partial charge in [-0.15, -0.1) is 5.10 Å². The summed E-state index contributed by atoms with van der Waals surface area (Å²) in [5.74, 6) is 1.18. The number of amides is 1.